The maximum atomic E-state index is 8.00. The van der Waals surface area contributed by atoms with E-state index in [1.165, 1.54) is 0 Å². The fraction of sp³-hybridized carbons (Fsp3) is 1.00. The summed E-state index contributed by atoms with van der Waals surface area (Å²) >= 11 is 0. The third-order valence-corrected chi connectivity index (χ3v) is 0.879. The predicted octanol–water partition coefficient (Wildman–Crippen LogP) is -3.86. The molecule has 0 saturated heterocycles. The third-order valence-electron chi connectivity index (χ3n) is 0.879. The molecule has 0 saturated carbocycles. The molecule has 0 aromatic rings. The van der Waals surface area contributed by atoms with Crippen LogP contribution in [0.1, 0.15) is 6.42 Å². The van der Waals surface area contributed by atoms with Gasteiger partial charge in [0.2, 0.25) is 0 Å². The van der Waals surface area contributed by atoms with Crippen LogP contribution in [-0.2, 0) is 0 Å². The number of nitrogens with zero attached hydrogens (tertiary/aromatic N) is 1. The van der Waals surface area contributed by atoms with E-state index >= 15 is 0 Å². The van der Waals surface area contributed by atoms with E-state index in [0.29, 0.717) is 6.54 Å². The molecule has 0 rings (SSSR count). The molecule has 0 heterocycles. The molecule has 0 unspecified atom stereocenters. The standard InChI is InChI=1S/C5H15N3.HNO2.Na/c6-2-1-4-8-5-3-7;2-1-3;/h8H,1-7H2;(H,2,3);/q;;+1/p-1. The Balaban J connectivity index is -0.000000177. The number of nitrogens with two attached hydrogens (primary N) is 2. The Morgan fingerprint density at radius 3 is 2.08 bits per heavy atom. The zero-order chi connectivity index (χ0) is 8.95. The second-order valence-electron chi connectivity index (χ2n) is 1.76. The molecule has 12 heavy (non-hydrogen) atoms. The summed E-state index contributed by atoms with van der Waals surface area (Å²) in [5, 5.41) is 12.1. The van der Waals surface area contributed by atoms with Gasteiger partial charge in [0, 0.05) is 13.1 Å². The Morgan fingerprint density at radius 1 is 1.25 bits per heavy atom. The molecule has 0 amide bonds. The maximum Gasteiger partial charge on any atom is 1.00 e. The van der Waals surface area contributed by atoms with Gasteiger partial charge in [0.25, 0.3) is 0 Å². The molecule has 6 nitrogen and oxygen atoms in total. The normalized spacial score (nSPS) is 7.50. The van der Waals surface area contributed by atoms with Crippen molar-refractivity contribution in [1.82, 2.24) is 5.32 Å². The van der Waals surface area contributed by atoms with E-state index in [-0.39, 0.29) is 29.6 Å². The van der Waals surface area contributed by atoms with Gasteiger partial charge in [-0.15, -0.1) is 5.34 Å². The minimum Gasteiger partial charge on any atom is -0.444 e. The van der Waals surface area contributed by atoms with Crippen LogP contribution in [0.5, 0.6) is 0 Å². The Morgan fingerprint density at radius 2 is 1.75 bits per heavy atom. The largest absolute Gasteiger partial charge is 1.00 e. The first-order valence-corrected chi connectivity index (χ1v) is 3.39. The Labute approximate surface area is 94.3 Å². The Kier molecular flexibility index (Phi) is 34.0. The van der Waals surface area contributed by atoms with Crippen molar-refractivity contribution >= 4 is 0 Å². The van der Waals surface area contributed by atoms with Crippen molar-refractivity contribution in [3.8, 4) is 0 Å². The van der Waals surface area contributed by atoms with Gasteiger partial charge < -0.3 is 26.9 Å². The van der Waals surface area contributed by atoms with Gasteiger partial charge in [0.15, 0.2) is 0 Å². The number of rotatable bonds is 5. The number of hydrogen-bond donors (Lipinski definition) is 3. The first kappa shape index (κ1) is 18.1. The van der Waals surface area contributed by atoms with Crippen molar-refractivity contribution in [3.05, 3.63) is 10.1 Å². The minimum absolute atomic E-state index is 0. The minimum atomic E-state index is 0. The van der Waals surface area contributed by atoms with Crippen LogP contribution in [0.15, 0.2) is 5.34 Å². The topological polar surface area (TPSA) is 117 Å². The smallest absolute Gasteiger partial charge is 0.444 e. The summed E-state index contributed by atoms with van der Waals surface area (Å²) in [7, 11) is 0. The van der Waals surface area contributed by atoms with Gasteiger partial charge in [-0.05, 0) is 19.5 Å². The van der Waals surface area contributed by atoms with Crippen LogP contribution in [-0.4, -0.2) is 26.2 Å². The van der Waals surface area contributed by atoms with Crippen molar-refractivity contribution in [3.63, 3.8) is 0 Å². The molecule has 7 heteroatoms. The first-order valence-electron chi connectivity index (χ1n) is 3.39. The third kappa shape index (κ3) is 31.8. The molecule has 0 aliphatic rings. The van der Waals surface area contributed by atoms with Crippen LogP contribution in [0.4, 0.5) is 0 Å². The summed E-state index contributed by atoms with van der Waals surface area (Å²) in [6.07, 6.45) is 1.04. The van der Waals surface area contributed by atoms with Gasteiger partial charge in [-0.3, -0.25) is 0 Å². The maximum absolute atomic E-state index is 8.00. The van der Waals surface area contributed by atoms with Crippen molar-refractivity contribution < 1.29 is 29.6 Å². The molecule has 0 bridgehead atoms. The van der Waals surface area contributed by atoms with Gasteiger partial charge in [-0.25, -0.2) is 0 Å². The molecule has 0 aromatic carbocycles. The van der Waals surface area contributed by atoms with Crippen LogP contribution in [0.25, 0.3) is 0 Å². The monoisotopic (exact) mass is 186 g/mol. The van der Waals surface area contributed by atoms with Crippen molar-refractivity contribution in [1.29, 1.82) is 0 Å². The van der Waals surface area contributed by atoms with E-state index in [4.69, 9.17) is 21.6 Å². The van der Waals surface area contributed by atoms with Gasteiger partial charge >= 0.3 is 29.6 Å². The summed E-state index contributed by atoms with van der Waals surface area (Å²) in [4.78, 5) is 8.00. The van der Waals surface area contributed by atoms with E-state index in [1.54, 1.807) is 0 Å². The number of nitrogens with one attached hydrogen (secondary N) is 1. The zero-order valence-corrected chi connectivity index (χ0v) is 9.45. The van der Waals surface area contributed by atoms with Crippen molar-refractivity contribution in [2.24, 2.45) is 16.8 Å². The molecule has 0 spiro atoms. The molecule has 68 valence electrons. The molecular formula is C5H15N4NaO2. The van der Waals surface area contributed by atoms with Crippen LogP contribution < -0.4 is 46.3 Å². The predicted molar refractivity (Wildman–Crippen MR) is 44.8 cm³/mol. The van der Waals surface area contributed by atoms with E-state index in [1.807, 2.05) is 0 Å². The summed E-state index contributed by atoms with van der Waals surface area (Å²) in [5.41, 5.74) is 10.5. The Hall–Kier alpha value is 0.280. The van der Waals surface area contributed by atoms with Crippen molar-refractivity contribution in [2.75, 3.05) is 26.2 Å². The number of hydrogen-bond acceptors (Lipinski definition) is 6. The molecule has 0 radical (unpaired) electrons. The van der Waals surface area contributed by atoms with Crippen LogP contribution in [0, 0.1) is 10.1 Å². The Bertz CT molecular complexity index is 70.5. The van der Waals surface area contributed by atoms with E-state index in [0.717, 1.165) is 31.4 Å². The fourth-order valence-corrected chi connectivity index (χ4v) is 0.454. The molecule has 0 aromatic heterocycles. The first-order chi connectivity index (χ1) is 5.33. The van der Waals surface area contributed by atoms with Gasteiger partial charge in [0.1, 0.15) is 0 Å². The summed E-state index contributed by atoms with van der Waals surface area (Å²) in [5.74, 6) is 0. The quantitative estimate of drug-likeness (QED) is 0.176. The average Bonchev–Trinajstić information content (AvgIpc) is 2.00. The zero-order valence-electron chi connectivity index (χ0n) is 7.45. The van der Waals surface area contributed by atoms with E-state index < -0.39 is 0 Å². The summed E-state index contributed by atoms with van der Waals surface area (Å²) < 4.78 is 0. The second-order valence-corrected chi connectivity index (χ2v) is 1.76. The molecular weight excluding hydrogens is 171 g/mol. The van der Waals surface area contributed by atoms with Gasteiger partial charge in [0.05, 0.1) is 0 Å². The molecule has 0 atom stereocenters. The summed E-state index contributed by atoms with van der Waals surface area (Å²) in [6, 6.07) is 0. The SMILES string of the molecule is NCCCNCCN.O=N[O-].[Na+]. The van der Waals surface area contributed by atoms with Crippen LogP contribution >= 0.6 is 0 Å². The van der Waals surface area contributed by atoms with E-state index in [9.17, 15) is 0 Å². The van der Waals surface area contributed by atoms with E-state index in [2.05, 4.69) is 5.32 Å². The fourth-order valence-electron chi connectivity index (χ4n) is 0.454. The van der Waals surface area contributed by atoms with Crippen LogP contribution in [0.3, 0.4) is 0 Å². The second kappa shape index (κ2) is 22.5. The molecule has 0 aliphatic carbocycles. The van der Waals surface area contributed by atoms with Gasteiger partial charge in [-0.1, -0.05) is 0 Å². The van der Waals surface area contributed by atoms with Gasteiger partial charge in [-0.2, -0.15) is 0 Å². The molecule has 0 fully saturated rings. The average molecular weight is 186 g/mol. The molecule has 5 N–H and O–H groups in total. The summed E-state index contributed by atoms with van der Waals surface area (Å²) in [6.45, 7) is 3.37. The van der Waals surface area contributed by atoms with Crippen LogP contribution in [0.2, 0.25) is 0 Å². The molecule has 0 aliphatic heterocycles. The van der Waals surface area contributed by atoms with Crippen molar-refractivity contribution in [2.45, 2.75) is 6.42 Å².